The van der Waals surface area contributed by atoms with E-state index < -0.39 is 6.04 Å². The highest BCUT2D eigenvalue weighted by molar-refractivity contribution is 7.98. The zero-order chi connectivity index (χ0) is 15.7. The summed E-state index contributed by atoms with van der Waals surface area (Å²) < 4.78 is 0. The van der Waals surface area contributed by atoms with Crippen molar-refractivity contribution in [1.82, 2.24) is 10.2 Å². The van der Waals surface area contributed by atoms with Gasteiger partial charge in [-0.2, -0.15) is 11.8 Å². The van der Waals surface area contributed by atoms with Crippen LogP contribution in [0.15, 0.2) is 0 Å². The molecular formula is C15H28N2O2S. The SMILES string of the molecule is CSCCN1C(=O)C(C(C)(C)C)NC(=O)C1C(C)(C)C. The molecule has 1 rings (SSSR count). The van der Waals surface area contributed by atoms with Crippen molar-refractivity contribution in [1.29, 1.82) is 0 Å². The van der Waals surface area contributed by atoms with Crippen molar-refractivity contribution >= 4 is 23.6 Å². The quantitative estimate of drug-likeness (QED) is 0.869. The van der Waals surface area contributed by atoms with E-state index in [-0.39, 0.29) is 28.7 Å². The van der Waals surface area contributed by atoms with E-state index in [0.29, 0.717) is 6.54 Å². The standard InChI is InChI=1S/C15H28N2O2S/c1-14(2,3)10-13(19)17(8-9-20-7)11(12(18)16-10)15(4,5)6/h10-11H,8-9H2,1-7H3,(H,16,18). The first-order valence-electron chi connectivity index (χ1n) is 7.10. The zero-order valence-corrected chi connectivity index (χ0v) is 14.6. The fraction of sp³-hybridized carbons (Fsp3) is 0.867. The Hall–Kier alpha value is -0.710. The summed E-state index contributed by atoms with van der Waals surface area (Å²) in [6.07, 6.45) is 2.02. The van der Waals surface area contributed by atoms with Crippen LogP contribution in [0.1, 0.15) is 41.5 Å². The zero-order valence-electron chi connectivity index (χ0n) is 13.7. The Morgan fingerprint density at radius 2 is 1.65 bits per heavy atom. The van der Waals surface area contributed by atoms with Gasteiger partial charge in [0.2, 0.25) is 11.8 Å². The Bertz CT molecular complexity index is 382. The monoisotopic (exact) mass is 300 g/mol. The number of nitrogens with zero attached hydrogens (tertiary/aromatic N) is 1. The van der Waals surface area contributed by atoms with Crippen LogP contribution in [-0.2, 0) is 9.59 Å². The van der Waals surface area contributed by atoms with Crippen molar-refractivity contribution < 1.29 is 9.59 Å². The predicted octanol–water partition coefficient (Wildman–Crippen LogP) is 2.14. The van der Waals surface area contributed by atoms with Gasteiger partial charge in [-0.25, -0.2) is 0 Å². The third kappa shape index (κ3) is 3.68. The number of rotatable bonds is 3. The fourth-order valence-electron chi connectivity index (χ4n) is 2.59. The van der Waals surface area contributed by atoms with Crippen LogP contribution in [0, 0.1) is 10.8 Å². The molecular weight excluding hydrogens is 272 g/mol. The van der Waals surface area contributed by atoms with Crippen LogP contribution in [-0.4, -0.2) is 47.4 Å². The molecule has 1 saturated heterocycles. The largest absolute Gasteiger partial charge is 0.342 e. The molecule has 116 valence electrons. The van der Waals surface area contributed by atoms with Gasteiger partial charge in [0.25, 0.3) is 0 Å². The number of amides is 2. The summed E-state index contributed by atoms with van der Waals surface area (Å²) in [5.41, 5.74) is -0.534. The third-order valence-corrected chi connectivity index (χ3v) is 4.19. The average Bonchev–Trinajstić information content (AvgIpc) is 2.26. The van der Waals surface area contributed by atoms with Gasteiger partial charge in [0.1, 0.15) is 12.1 Å². The number of thioether (sulfide) groups is 1. The van der Waals surface area contributed by atoms with Gasteiger partial charge in [-0.1, -0.05) is 41.5 Å². The highest BCUT2D eigenvalue weighted by atomic mass is 32.2. The van der Waals surface area contributed by atoms with E-state index in [1.807, 2.05) is 47.8 Å². The lowest BCUT2D eigenvalue weighted by atomic mass is 9.79. The van der Waals surface area contributed by atoms with Crippen molar-refractivity contribution in [2.75, 3.05) is 18.6 Å². The van der Waals surface area contributed by atoms with Crippen LogP contribution in [0.5, 0.6) is 0 Å². The maximum atomic E-state index is 12.8. The average molecular weight is 300 g/mol. The van der Waals surface area contributed by atoms with Gasteiger partial charge in [0, 0.05) is 12.3 Å². The van der Waals surface area contributed by atoms with Gasteiger partial charge in [-0.3, -0.25) is 9.59 Å². The number of piperazine rings is 1. The van der Waals surface area contributed by atoms with Crippen molar-refractivity contribution in [3.05, 3.63) is 0 Å². The van der Waals surface area contributed by atoms with Crippen molar-refractivity contribution in [3.8, 4) is 0 Å². The van der Waals surface area contributed by atoms with Crippen LogP contribution < -0.4 is 5.32 Å². The van der Waals surface area contributed by atoms with Crippen molar-refractivity contribution in [2.45, 2.75) is 53.6 Å². The second-order valence-corrected chi connectivity index (χ2v) is 8.59. The Morgan fingerprint density at radius 3 is 2.05 bits per heavy atom. The summed E-state index contributed by atoms with van der Waals surface area (Å²) in [5.74, 6) is 0.867. The number of hydrogen-bond acceptors (Lipinski definition) is 3. The van der Waals surface area contributed by atoms with E-state index in [1.165, 1.54) is 0 Å². The summed E-state index contributed by atoms with van der Waals surface area (Å²) in [4.78, 5) is 27.1. The minimum Gasteiger partial charge on any atom is -0.342 e. The Balaban J connectivity index is 3.11. The van der Waals surface area contributed by atoms with Crippen LogP contribution >= 0.6 is 11.8 Å². The molecule has 0 bridgehead atoms. The van der Waals surface area contributed by atoms with Gasteiger partial charge in [0.15, 0.2) is 0 Å². The molecule has 0 saturated carbocycles. The molecule has 0 aromatic rings. The molecule has 2 amide bonds. The number of nitrogens with one attached hydrogen (secondary N) is 1. The molecule has 0 aromatic carbocycles. The second-order valence-electron chi connectivity index (χ2n) is 7.60. The van der Waals surface area contributed by atoms with Crippen LogP contribution in [0.2, 0.25) is 0 Å². The molecule has 1 heterocycles. The Morgan fingerprint density at radius 1 is 1.10 bits per heavy atom. The van der Waals surface area contributed by atoms with E-state index in [4.69, 9.17) is 0 Å². The topological polar surface area (TPSA) is 49.4 Å². The number of carbonyl (C=O) groups excluding carboxylic acids is 2. The minimum atomic E-state index is -0.435. The molecule has 20 heavy (non-hydrogen) atoms. The molecule has 2 atom stereocenters. The van der Waals surface area contributed by atoms with E-state index >= 15 is 0 Å². The molecule has 0 spiro atoms. The summed E-state index contributed by atoms with van der Waals surface area (Å²) in [6.45, 7) is 12.6. The normalized spacial score (nSPS) is 24.9. The fourth-order valence-corrected chi connectivity index (χ4v) is 2.97. The van der Waals surface area contributed by atoms with Crippen molar-refractivity contribution in [2.24, 2.45) is 10.8 Å². The summed E-state index contributed by atoms with van der Waals surface area (Å²) >= 11 is 1.69. The number of hydrogen-bond donors (Lipinski definition) is 1. The molecule has 4 nitrogen and oxygen atoms in total. The summed E-state index contributed by atoms with van der Waals surface area (Å²) in [7, 11) is 0. The van der Waals surface area contributed by atoms with Gasteiger partial charge in [-0.05, 0) is 17.1 Å². The van der Waals surface area contributed by atoms with Gasteiger partial charge in [-0.15, -0.1) is 0 Å². The molecule has 1 aliphatic heterocycles. The molecule has 1 aliphatic rings. The first-order chi connectivity index (χ1) is 9.00. The summed E-state index contributed by atoms with van der Waals surface area (Å²) in [5, 5.41) is 2.93. The molecule has 1 fully saturated rings. The van der Waals surface area contributed by atoms with E-state index in [9.17, 15) is 9.59 Å². The molecule has 5 heteroatoms. The Kier molecular flexibility index (Phi) is 5.17. The second kappa shape index (κ2) is 5.96. The minimum absolute atomic E-state index is 0.0295. The lowest BCUT2D eigenvalue weighted by Crippen LogP contribution is -2.69. The maximum absolute atomic E-state index is 12.8. The van der Waals surface area contributed by atoms with Crippen molar-refractivity contribution in [3.63, 3.8) is 0 Å². The molecule has 0 aliphatic carbocycles. The molecule has 0 aromatic heterocycles. The van der Waals surface area contributed by atoms with Crippen LogP contribution in [0.25, 0.3) is 0 Å². The van der Waals surface area contributed by atoms with E-state index in [0.717, 1.165) is 5.75 Å². The predicted molar refractivity (Wildman–Crippen MR) is 84.7 cm³/mol. The highest BCUT2D eigenvalue weighted by Crippen LogP contribution is 2.32. The lowest BCUT2D eigenvalue weighted by Gasteiger charge is -2.47. The number of carbonyl (C=O) groups is 2. The first-order valence-corrected chi connectivity index (χ1v) is 8.49. The maximum Gasteiger partial charge on any atom is 0.246 e. The highest BCUT2D eigenvalue weighted by Gasteiger charge is 2.48. The van der Waals surface area contributed by atoms with E-state index in [1.54, 1.807) is 16.7 Å². The lowest BCUT2D eigenvalue weighted by molar-refractivity contribution is -0.156. The van der Waals surface area contributed by atoms with Crippen LogP contribution in [0.3, 0.4) is 0 Å². The molecule has 0 radical (unpaired) electrons. The molecule has 1 N–H and O–H groups in total. The van der Waals surface area contributed by atoms with Gasteiger partial charge < -0.3 is 10.2 Å². The van der Waals surface area contributed by atoms with Crippen LogP contribution in [0.4, 0.5) is 0 Å². The Labute approximate surface area is 127 Å². The smallest absolute Gasteiger partial charge is 0.246 e. The molecule has 2 unspecified atom stereocenters. The van der Waals surface area contributed by atoms with Gasteiger partial charge >= 0.3 is 0 Å². The summed E-state index contributed by atoms with van der Waals surface area (Å²) in [6, 6.07) is -0.823. The third-order valence-electron chi connectivity index (χ3n) is 3.60. The van der Waals surface area contributed by atoms with Gasteiger partial charge in [0.05, 0.1) is 0 Å². The first kappa shape index (κ1) is 17.3. The van der Waals surface area contributed by atoms with E-state index in [2.05, 4.69) is 5.32 Å².